The van der Waals surface area contributed by atoms with Crippen molar-refractivity contribution in [3.05, 3.63) is 53.0 Å². The molecule has 0 spiro atoms. The molecule has 1 fully saturated rings. The van der Waals surface area contributed by atoms with Gasteiger partial charge in [-0.2, -0.15) is 0 Å². The minimum absolute atomic E-state index is 0.144. The zero-order valence-electron chi connectivity index (χ0n) is 13.2. The molecule has 0 unspecified atom stereocenters. The Bertz CT molecular complexity index is 956. The molecule has 0 amide bonds. The Morgan fingerprint density at radius 3 is 2.20 bits per heavy atom. The molecule has 0 atom stereocenters. The van der Waals surface area contributed by atoms with Gasteiger partial charge in [0, 0.05) is 16.7 Å². The molecule has 2 aromatic carbocycles. The molecular formula is C16H17BrN2O4S2. The van der Waals surface area contributed by atoms with Crippen LogP contribution in [0.2, 0.25) is 0 Å². The Morgan fingerprint density at radius 2 is 1.60 bits per heavy atom. The van der Waals surface area contributed by atoms with Crippen molar-refractivity contribution in [3.63, 3.8) is 0 Å². The number of benzene rings is 2. The predicted molar refractivity (Wildman–Crippen MR) is 102 cm³/mol. The molecule has 1 heterocycles. The third-order valence-corrected chi connectivity index (χ3v) is 7.68. The fourth-order valence-electron chi connectivity index (χ4n) is 2.60. The molecule has 0 aromatic heterocycles. The molecule has 0 aliphatic carbocycles. The van der Waals surface area contributed by atoms with E-state index in [9.17, 15) is 16.8 Å². The van der Waals surface area contributed by atoms with Gasteiger partial charge in [0.2, 0.25) is 10.0 Å². The SMILES string of the molecule is O=S(=O)(Nc1ccc(N2CCCCS2(=O)=O)cc1)c1ccc(Br)cc1. The second-order valence-electron chi connectivity index (χ2n) is 5.70. The third-order valence-electron chi connectivity index (χ3n) is 3.88. The minimum Gasteiger partial charge on any atom is -0.280 e. The zero-order valence-corrected chi connectivity index (χ0v) is 16.4. The van der Waals surface area contributed by atoms with Gasteiger partial charge in [-0.05, 0) is 61.4 Å². The Kier molecular flexibility index (Phi) is 5.08. The van der Waals surface area contributed by atoms with Crippen molar-refractivity contribution in [2.75, 3.05) is 21.3 Å². The topological polar surface area (TPSA) is 83.6 Å². The zero-order chi connectivity index (χ0) is 18.1. The summed E-state index contributed by atoms with van der Waals surface area (Å²) in [5.74, 6) is 0.144. The highest BCUT2D eigenvalue weighted by atomic mass is 79.9. The lowest BCUT2D eigenvalue weighted by molar-refractivity contribution is 0.574. The largest absolute Gasteiger partial charge is 0.280 e. The summed E-state index contributed by atoms with van der Waals surface area (Å²) < 4.78 is 53.6. The van der Waals surface area contributed by atoms with E-state index in [1.165, 1.54) is 16.4 Å². The van der Waals surface area contributed by atoms with Crippen molar-refractivity contribution in [2.24, 2.45) is 0 Å². The van der Waals surface area contributed by atoms with Gasteiger partial charge in [0.15, 0.2) is 0 Å². The standard InChI is InChI=1S/C16H17BrN2O4S2/c17-13-3-9-16(10-4-13)25(22,23)18-14-5-7-15(8-6-14)19-11-1-2-12-24(19,20)21/h3-10,18H,1-2,11-12H2. The summed E-state index contributed by atoms with van der Waals surface area (Å²) in [7, 11) is -6.97. The van der Waals surface area contributed by atoms with E-state index in [1.807, 2.05) is 0 Å². The first-order valence-electron chi connectivity index (χ1n) is 7.67. The summed E-state index contributed by atoms with van der Waals surface area (Å²) in [5.41, 5.74) is 0.923. The van der Waals surface area contributed by atoms with Gasteiger partial charge in [-0.15, -0.1) is 0 Å². The molecular weight excluding hydrogens is 428 g/mol. The van der Waals surface area contributed by atoms with Crippen LogP contribution in [0, 0.1) is 0 Å². The number of sulfonamides is 2. The quantitative estimate of drug-likeness (QED) is 0.784. The highest BCUT2D eigenvalue weighted by Gasteiger charge is 2.26. The fraction of sp³-hybridized carbons (Fsp3) is 0.250. The van der Waals surface area contributed by atoms with E-state index in [-0.39, 0.29) is 10.6 Å². The van der Waals surface area contributed by atoms with Crippen LogP contribution in [0.25, 0.3) is 0 Å². The van der Waals surface area contributed by atoms with Gasteiger partial charge in [-0.25, -0.2) is 16.8 Å². The lowest BCUT2D eigenvalue weighted by Gasteiger charge is -2.28. The van der Waals surface area contributed by atoms with E-state index in [4.69, 9.17) is 0 Å². The number of rotatable bonds is 4. The van der Waals surface area contributed by atoms with Crippen LogP contribution in [0.4, 0.5) is 11.4 Å². The normalized spacial score (nSPS) is 17.2. The maximum atomic E-state index is 12.4. The van der Waals surface area contributed by atoms with E-state index in [2.05, 4.69) is 20.7 Å². The summed E-state index contributed by atoms with van der Waals surface area (Å²) in [6, 6.07) is 12.7. The smallest absolute Gasteiger partial charge is 0.261 e. The average Bonchev–Trinajstić information content (AvgIpc) is 2.55. The van der Waals surface area contributed by atoms with Crippen LogP contribution >= 0.6 is 15.9 Å². The summed E-state index contributed by atoms with van der Waals surface area (Å²) in [6.45, 7) is 0.451. The van der Waals surface area contributed by atoms with Crippen LogP contribution in [0.5, 0.6) is 0 Å². The Labute approximate surface area is 156 Å². The highest BCUT2D eigenvalue weighted by Crippen LogP contribution is 2.26. The first-order chi connectivity index (χ1) is 11.8. The van der Waals surface area contributed by atoms with Gasteiger partial charge in [-0.3, -0.25) is 9.03 Å². The molecule has 2 aromatic rings. The Balaban J connectivity index is 1.80. The van der Waals surface area contributed by atoms with Crippen LogP contribution in [-0.4, -0.2) is 29.1 Å². The first kappa shape index (κ1) is 18.2. The highest BCUT2D eigenvalue weighted by molar-refractivity contribution is 9.10. The second-order valence-corrected chi connectivity index (χ2v) is 10.3. The number of hydrogen-bond donors (Lipinski definition) is 1. The van der Waals surface area contributed by atoms with Gasteiger partial charge in [0.05, 0.1) is 16.3 Å². The van der Waals surface area contributed by atoms with E-state index in [0.29, 0.717) is 24.3 Å². The van der Waals surface area contributed by atoms with Gasteiger partial charge >= 0.3 is 0 Å². The molecule has 1 aliphatic heterocycles. The molecule has 9 heteroatoms. The maximum absolute atomic E-state index is 12.4. The third kappa shape index (κ3) is 4.16. The number of nitrogens with zero attached hydrogens (tertiary/aromatic N) is 1. The summed E-state index contributed by atoms with van der Waals surface area (Å²) in [5, 5.41) is 0. The molecule has 0 saturated carbocycles. The first-order valence-corrected chi connectivity index (χ1v) is 11.6. The number of anilines is 2. The van der Waals surface area contributed by atoms with Crippen LogP contribution in [0.1, 0.15) is 12.8 Å². The maximum Gasteiger partial charge on any atom is 0.261 e. The van der Waals surface area contributed by atoms with Gasteiger partial charge in [0.25, 0.3) is 10.0 Å². The van der Waals surface area contributed by atoms with Gasteiger partial charge in [-0.1, -0.05) is 15.9 Å². The lowest BCUT2D eigenvalue weighted by atomic mass is 10.2. The van der Waals surface area contributed by atoms with Gasteiger partial charge in [0.1, 0.15) is 0 Å². The van der Waals surface area contributed by atoms with Crippen LogP contribution < -0.4 is 9.03 Å². The van der Waals surface area contributed by atoms with Crippen molar-refractivity contribution >= 4 is 47.4 Å². The molecule has 6 nitrogen and oxygen atoms in total. The molecule has 0 radical (unpaired) electrons. The van der Waals surface area contributed by atoms with E-state index in [1.54, 1.807) is 36.4 Å². The molecule has 25 heavy (non-hydrogen) atoms. The van der Waals surface area contributed by atoms with Crippen LogP contribution in [-0.2, 0) is 20.0 Å². The van der Waals surface area contributed by atoms with E-state index < -0.39 is 20.0 Å². The monoisotopic (exact) mass is 444 g/mol. The van der Waals surface area contributed by atoms with Crippen molar-refractivity contribution in [1.29, 1.82) is 0 Å². The number of halogens is 1. The molecule has 0 bridgehead atoms. The van der Waals surface area contributed by atoms with Crippen molar-refractivity contribution < 1.29 is 16.8 Å². The molecule has 1 saturated heterocycles. The Morgan fingerprint density at radius 1 is 0.960 bits per heavy atom. The lowest BCUT2D eigenvalue weighted by Crippen LogP contribution is -2.37. The van der Waals surface area contributed by atoms with Crippen molar-refractivity contribution in [3.8, 4) is 0 Å². The van der Waals surface area contributed by atoms with Crippen molar-refractivity contribution in [2.45, 2.75) is 17.7 Å². The minimum atomic E-state index is -3.69. The summed E-state index contributed by atoms with van der Waals surface area (Å²) >= 11 is 3.26. The summed E-state index contributed by atoms with van der Waals surface area (Å²) in [4.78, 5) is 0.151. The van der Waals surface area contributed by atoms with Crippen LogP contribution in [0.3, 0.4) is 0 Å². The Hall–Kier alpha value is -1.58. The average molecular weight is 445 g/mol. The number of nitrogens with one attached hydrogen (secondary N) is 1. The molecule has 3 rings (SSSR count). The summed E-state index contributed by atoms with van der Waals surface area (Å²) in [6.07, 6.45) is 1.49. The molecule has 134 valence electrons. The second kappa shape index (κ2) is 6.97. The number of hydrogen-bond acceptors (Lipinski definition) is 4. The molecule has 1 N–H and O–H groups in total. The fourth-order valence-corrected chi connectivity index (χ4v) is 5.56. The van der Waals surface area contributed by atoms with E-state index >= 15 is 0 Å². The van der Waals surface area contributed by atoms with E-state index in [0.717, 1.165) is 10.9 Å². The van der Waals surface area contributed by atoms with Crippen molar-refractivity contribution in [1.82, 2.24) is 0 Å². The van der Waals surface area contributed by atoms with Gasteiger partial charge < -0.3 is 0 Å². The molecule has 1 aliphatic rings. The predicted octanol–water partition coefficient (Wildman–Crippen LogP) is 3.18. The van der Waals surface area contributed by atoms with Crippen LogP contribution in [0.15, 0.2) is 57.9 Å².